The number of thiophene rings is 1. The van der Waals surface area contributed by atoms with E-state index in [1.165, 1.54) is 13.2 Å². The minimum absolute atomic E-state index is 0.110. The number of methoxy groups -OCH3 is 1. The molecule has 1 heterocycles. The van der Waals surface area contributed by atoms with Gasteiger partial charge >= 0.3 is 0 Å². The molecule has 1 unspecified atom stereocenters. The molecule has 17 heavy (non-hydrogen) atoms. The number of hydrogen-bond donors (Lipinski definition) is 1. The van der Waals surface area contributed by atoms with Crippen molar-refractivity contribution in [2.45, 2.75) is 13.0 Å². The van der Waals surface area contributed by atoms with E-state index in [-0.39, 0.29) is 17.6 Å². The van der Waals surface area contributed by atoms with Gasteiger partial charge in [-0.25, -0.2) is 4.39 Å². The van der Waals surface area contributed by atoms with E-state index in [2.05, 4.69) is 5.32 Å². The van der Waals surface area contributed by atoms with Crippen LogP contribution in [0.15, 0.2) is 35.0 Å². The monoisotopic (exact) mass is 251 g/mol. The molecule has 0 spiro atoms. The Balaban J connectivity index is 2.16. The highest BCUT2D eigenvalue weighted by molar-refractivity contribution is 7.08. The number of halogens is 1. The Morgan fingerprint density at radius 2 is 2.18 bits per heavy atom. The van der Waals surface area contributed by atoms with E-state index < -0.39 is 0 Å². The van der Waals surface area contributed by atoms with Gasteiger partial charge in [-0.3, -0.25) is 0 Å². The van der Waals surface area contributed by atoms with Gasteiger partial charge in [-0.05, 0) is 36.1 Å². The highest BCUT2D eigenvalue weighted by Gasteiger charge is 2.09. The zero-order chi connectivity index (χ0) is 12.3. The Morgan fingerprint density at radius 3 is 2.82 bits per heavy atom. The molecule has 0 radical (unpaired) electrons. The van der Waals surface area contributed by atoms with E-state index in [0.29, 0.717) is 0 Å². The Hall–Kier alpha value is -1.55. The highest BCUT2D eigenvalue weighted by Crippen LogP contribution is 2.25. The summed E-state index contributed by atoms with van der Waals surface area (Å²) in [5.41, 5.74) is 2.07. The third kappa shape index (κ3) is 2.77. The largest absolute Gasteiger partial charge is 0.494 e. The van der Waals surface area contributed by atoms with Crippen LogP contribution in [0.3, 0.4) is 0 Å². The molecule has 1 N–H and O–H groups in total. The molecular weight excluding hydrogens is 237 g/mol. The van der Waals surface area contributed by atoms with Crippen molar-refractivity contribution < 1.29 is 9.13 Å². The van der Waals surface area contributed by atoms with E-state index in [0.717, 1.165) is 11.3 Å². The molecule has 0 saturated carbocycles. The molecule has 0 bridgehead atoms. The van der Waals surface area contributed by atoms with Crippen LogP contribution in [0, 0.1) is 5.82 Å². The van der Waals surface area contributed by atoms with Crippen LogP contribution >= 0.6 is 11.3 Å². The van der Waals surface area contributed by atoms with Crippen LogP contribution < -0.4 is 10.1 Å². The normalized spacial score (nSPS) is 12.2. The standard InChI is InChI=1S/C13H14FNOS/c1-9(15-11-5-6-17-8-11)10-3-4-12(14)13(7-10)16-2/h3-9,15H,1-2H3. The van der Waals surface area contributed by atoms with Crippen molar-refractivity contribution in [3.63, 3.8) is 0 Å². The number of hydrogen-bond acceptors (Lipinski definition) is 3. The molecule has 0 aliphatic heterocycles. The van der Waals surface area contributed by atoms with Gasteiger partial charge in [-0.1, -0.05) is 6.07 Å². The van der Waals surface area contributed by atoms with Gasteiger partial charge in [0.2, 0.25) is 0 Å². The fourth-order valence-corrected chi connectivity index (χ4v) is 2.22. The van der Waals surface area contributed by atoms with Gasteiger partial charge in [0.15, 0.2) is 11.6 Å². The van der Waals surface area contributed by atoms with E-state index in [1.54, 1.807) is 23.5 Å². The van der Waals surface area contributed by atoms with Crippen LogP contribution in [-0.4, -0.2) is 7.11 Å². The fourth-order valence-electron chi connectivity index (χ4n) is 1.63. The third-order valence-electron chi connectivity index (χ3n) is 2.58. The predicted molar refractivity (Wildman–Crippen MR) is 69.3 cm³/mol. The maximum Gasteiger partial charge on any atom is 0.165 e. The third-order valence-corrected chi connectivity index (χ3v) is 3.26. The molecule has 90 valence electrons. The lowest BCUT2D eigenvalue weighted by Gasteiger charge is -2.15. The van der Waals surface area contributed by atoms with Crippen LogP contribution in [0.5, 0.6) is 5.75 Å². The summed E-state index contributed by atoms with van der Waals surface area (Å²) in [5, 5.41) is 7.39. The Bertz CT molecular complexity index is 484. The van der Waals surface area contributed by atoms with Crippen LogP contribution in [0.4, 0.5) is 10.1 Å². The lowest BCUT2D eigenvalue weighted by molar-refractivity contribution is 0.385. The molecule has 1 atom stereocenters. The molecule has 2 rings (SSSR count). The number of ether oxygens (including phenoxy) is 1. The minimum atomic E-state index is -0.334. The maximum atomic E-state index is 13.3. The predicted octanol–water partition coefficient (Wildman–Crippen LogP) is 4.07. The second-order valence-corrected chi connectivity index (χ2v) is 4.55. The molecule has 1 aromatic carbocycles. The summed E-state index contributed by atoms with van der Waals surface area (Å²) in [6.45, 7) is 2.03. The van der Waals surface area contributed by atoms with E-state index >= 15 is 0 Å². The quantitative estimate of drug-likeness (QED) is 0.884. The molecule has 2 aromatic rings. The zero-order valence-corrected chi connectivity index (χ0v) is 10.6. The highest BCUT2D eigenvalue weighted by atomic mass is 32.1. The van der Waals surface area contributed by atoms with Crippen LogP contribution in [0.25, 0.3) is 0 Å². The maximum absolute atomic E-state index is 13.3. The van der Waals surface area contributed by atoms with Crippen molar-refractivity contribution in [3.05, 3.63) is 46.4 Å². The number of nitrogens with one attached hydrogen (secondary N) is 1. The van der Waals surface area contributed by atoms with Crippen LogP contribution in [-0.2, 0) is 0 Å². The summed E-state index contributed by atoms with van der Waals surface area (Å²) in [6.07, 6.45) is 0. The van der Waals surface area contributed by atoms with Gasteiger partial charge in [0.25, 0.3) is 0 Å². The molecule has 0 amide bonds. The van der Waals surface area contributed by atoms with Gasteiger partial charge in [-0.15, -0.1) is 0 Å². The summed E-state index contributed by atoms with van der Waals surface area (Å²) >= 11 is 1.64. The Morgan fingerprint density at radius 1 is 1.35 bits per heavy atom. The summed E-state index contributed by atoms with van der Waals surface area (Å²) in [4.78, 5) is 0. The second kappa shape index (κ2) is 5.19. The molecule has 4 heteroatoms. The molecule has 2 nitrogen and oxygen atoms in total. The second-order valence-electron chi connectivity index (χ2n) is 3.77. The molecule has 0 aliphatic carbocycles. The van der Waals surface area contributed by atoms with Gasteiger partial charge < -0.3 is 10.1 Å². The van der Waals surface area contributed by atoms with Crippen molar-refractivity contribution in [1.29, 1.82) is 0 Å². The average molecular weight is 251 g/mol. The van der Waals surface area contributed by atoms with Gasteiger partial charge in [0.05, 0.1) is 7.11 Å². The lowest BCUT2D eigenvalue weighted by Crippen LogP contribution is -2.06. The number of benzene rings is 1. The lowest BCUT2D eigenvalue weighted by atomic mass is 10.1. The van der Waals surface area contributed by atoms with E-state index in [1.807, 2.05) is 23.8 Å². The minimum Gasteiger partial charge on any atom is -0.494 e. The molecule has 0 saturated heterocycles. The summed E-state index contributed by atoms with van der Waals surface area (Å²) in [6, 6.07) is 7.04. The first-order chi connectivity index (χ1) is 8.20. The van der Waals surface area contributed by atoms with Gasteiger partial charge in [0.1, 0.15) is 0 Å². The first kappa shape index (κ1) is 11.9. The van der Waals surface area contributed by atoms with Crippen molar-refractivity contribution in [2.24, 2.45) is 0 Å². The molecule has 0 fully saturated rings. The number of rotatable bonds is 4. The molecule has 0 aliphatic rings. The summed E-state index contributed by atoms with van der Waals surface area (Å²) in [5.74, 6) is -0.0551. The summed E-state index contributed by atoms with van der Waals surface area (Å²) < 4.78 is 18.2. The Labute approximate surface area is 104 Å². The summed E-state index contributed by atoms with van der Waals surface area (Å²) in [7, 11) is 1.47. The van der Waals surface area contributed by atoms with E-state index in [9.17, 15) is 4.39 Å². The van der Waals surface area contributed by atoms with Crippen LogP contribution in [0.2, 0.25) is 0 Å². The van der Waals surface area contributed by atoms with Crippen molar-refractivity contribution in [2.75, 3.05) is 12.4 Å². The smallest absolute Gasteiger partial charge is 0.165 e. The van der Waals surface area contributed by atoms with Crippen LogP contribution in [0.1, 0.15) is 18.5 Å². The van der Waals surface area contributed by atoms with Crippen molar-refractivity contribution in [3.8, 4) is 5.75 Å². The first-order valence-electron chi connectivity index (χ1n) is 5.33. The molecular formula is C13H14FNOS. The van der Waals surface area contributed by atoms with Crippen molar-refractivity contribution in [1.82, 2.24) is 0 Å². The molecule has 1 aromatic heterocycles. The average Bonchev–Trinajstić information content (AvgIpc) is 2.82. The topological polar surface area (TPSA) is 21.3 Å². The number of anilines is 1. The van der Waals surface area contributed by atoms with Crippen molar-refractivity contribution >= 4 is 17.0 Å². The fraction of sp³-hybridized carbons (Fsp3) is 0.231. The first-order valence-corrected chi connectivity index (χ1v) is 6.27. The zero-order valence-electron chi connectivity index (χ0n) is 9.74. The Kier molecular flexibility index (Phi) is 3.64. The van der Waals surface area contributed by atoms with Gasteiger partial charge in [0, 0.05) is 17.1 Å². The van der Waals surface area contributed by atoms with Gasteiger partial charge in [-0.2, -0.15) is 11.3 Å². The SMILES string of the molecule is COc1cc(C(C)Nc2ccsc2)ccc1F. The van der Waals surface area contributed by atoms with E-state index in [4.69, 9.17) is 4.74 Å².